The van der Waals surface area contributed by atoms with E-state index in [9.17, 15) is 14.9 Å². The van der Waals surface area contributed by atoms with Crippen LogP contribution in [0.5, 0.6) is 17.2 Å². The highest BCUT2D eigenvalue weighted by Crippen LogP contribution is 2.24. The van der Waals surface area contributed by atoms with Crippen molar-refractivity contribution in [3.8, 4) is 17.2 Å². The number of carbonyl (C=O) groups is 1. The Bertz CT molecular complexity index is 1150. The van der Waals surface area contributed by atoms with Gasteiger partial charge in [0, 0.05) is 23.3 Å². The van der Waals surface area contributed by atoms with E-state index in [2.05, 4.69) is 10.5 Å². The molecule has 0 saturated heterocycles. The van der Waals surface area contributed by atoms with Crippen molar-refractivity contribution in [3.05, 3.63) is 93.5 Å². The van der Waals surface area contributed by atoms with Gasteiger partial charge in [-0.2, -0.15) is 5.10 Å². The molecule has 0 heterocycles. The van der Waals surface area contributed by atoms with Gasteiger partial charge < -0.3 is 14.2 Å². The van der Waals surface area contributed by atoms with Crippen LogP contribution in [0, 0.1) is 10.1 Å². The number of hydrogen-bond donors (Lipinski definition) is 1. The minimum Gasteiger partial charge on any atom is -0.497 e. The van der Waals surface area contributed by atoms with Crippen LogP contribution in [0.4, 0.5) is 5.69 Å². The average molecular weight is 435 g/mol. The maximum absolute atomic E-state index is 12.3. The molecule has 3 aromatic carbocycles. The first-order valence-electron chi connectivity index (χ1n) is 9.52. The molecule has 164 valence electrons. The average Bonchev–Trinajstić information content (AvgIpc) is 2.83. The molecule has 0 aromatic heterocycles. The van der Waals surface area contributed by atoms with E-state index >= 15 is 0 Å². The standard InChI is InChI=1S/C23H21N3O6/c1-30-20-8-3-5-16(11-20)15-32-22-10-9-21(31-2)13-18(22)14-24-25-23(27)17-6-4-7-19(12-17)26(28)29/h3-14H,15H2,1-2H3,(H,25,27)/b24-14+. The Balaban J connectivity index is 1.73. The molecule has 0 aliphatic carbocycles. The quantitative estimate of drug-likeness (QED) is 0.309. The molecule has 0 bridgehead atoms. The summed E-state index contributed by atoms with van der Waals surface area (Å²) in [7, 11) is 3.14. The molecule has 0 spiro atoms. The van der Waals surface area contributed by atoms with Crippen LogP contribution in [0.1, 0.15) is 21.5 Å². The number of benzene rings is 3. The van der Waals surface area contributed by atoms with Crippen LogP contribution in [0.15, 0.2) is 71.8 Å². The van der Waals surface area contributed by atoms with Crippen molar-refractivity contribution in [2.45, 2.75) is 6.61 Å². The SMILES string of the molecule is COc1cccc(COc2ccc(OC)cc2/C=N/NC(=O)c2cccc([N+](=O)[O-])c2)c1. The lowest BCUT2D eigenvalue weighted by atomic mass is 10.2. The number of methoxy groups -OCH3 is 2. The third-order valence-corrected chi connectivity index (χ3v) is 4.43. The monoisotopic (exact) mass is 435 g/mol. The summed E-state index contributed by atoms with van der Waals surface area (Å²) in [4.78, 5) is 22.6. The van der Waals surface area contributed by atoms with Crippen LogP contribution in [0.2, 0.25) is 0 Å². The highest BCUT2D eigenvalue weighted by atomic mass is 16.6. The number of nitro groups is 1. The third-order valence-electron chi connectivity index (χ3n) is 4.43. The number of ether oxygens (including phenoxy) is 3. The number of nitrogens with zero attached hydrogens (tertiary/aromatic N) is 2. The normalized spacial score (nSPS) is 10.6. The molecule has 1 amide bonds. The van der Waals surface area contributed by atoms with E-state index < -0.39 is 10.8 Å². The minimum atomic E-state index is -0.577. The van der Waals surface area contributed by atoms with Gasteiger partial charge in [-0.15, -0.1) is 0 Å². The van der Waals surface area contributed by atoms with Crippen molar-refractivity contribution in [3.63, 3.8) is 0 Å². The van der Waals surface area contributed by atoms with Crippen LogP contribution in [-0.4, -0.2) is 31.3 Å². The summed E-state index contributed by atoms with van der Waals surface area (Å²) in [6.45, 7) is 0.296. The van der Waals surface area contributed by atoms with Gasteiger partial charge in [-0.25, -0.2) is 5.43 Å². The summed E-state index contributed by atoms with van der Waals surface area (Å²) < 4.78 is 16.4. The Labute approximate surface area is 184 Å². The fourth-order valence-corrected chi connectivity index (χ4v) is 2.79. The van der Waals surface area contributed by atoms with E-state index in [-0.39, 0.29) is 11.3 Å². The van der Waals surface area contributed by atoms with Gasteiger partial charge in [0.05, 0.1) is 25.4 Å². The van der Waals surface area contributed by atoms with E-state index in [1.807, 2.05) is 24.3 Å². The van der Waals surface area contributed by atoms with Crippen molar-refractivity contribution in [1.82, 2.24) is 5.43 Å². The van der Waals surface area contributed by atoms with Gasteiger partial charge in [0.25, 0.3) is 11.6 Å². The predicted molar refractivity (Wildman–Crippen MR) is 118 cm³/mol. The van der Waals surface area contributed by atoms with Crippen LogP contribution < -0.4 is 19.6 Å². The summed E-state index contributed by atoms with van der Waals surface area (Å²) in [5.74, 6) is 1.27. The third kappa shape index (κ3) is 5.82. The lowest BCUT2D eigenvalue weighted by Gasteiger charge is -2.11. The van der Waals surface area contributed by atoms with Crippen LogP contribution >= 0.6 is 0 Å². The topological polar surface area (TPSA) is 112 Å². The second-order valence-corrected chi connectivity index (χ2v) is 6.55. The molecule has 0 fully saturated rings. The van der Waals surface area contributed by atoms with Gasteiger partial charge in [0.15, 0.2) is 0 Å². The molecular weight excluding hydrogens is 414 g/mol. The second-order valence-electron chi connectivity index (χ2n) is 6.55. The lowest BCUT2D eigenvalue weighted by Crippen LogP contribution is -2.17. The Morgan fingerprint density at radius 2 is 1.78 bits per heavy atom. The Kier molecular flexibility index (Phi) is 7.37. The summed E-state index contributed by atoms with van der Waals surface area (Å²) in [5.41, 5.74) is 3.80. The van der Waals surface area contributed by atoms with Crippen molar-refractivity contribution >= 4 is 17.8 Å². The van der Waals surface area contributed by atoms with Gasteiger partial charge in [-0.1, -0.05) is 18.2 Å². The number of nitrogens with one attached hydrogen (secondary N) is 1. The maximum Gasteiger partial charge on any atom is 0.271 e. The highest BCUT2D eigenvalue weighted by Gasteiger charge is 2.11. The first kappa shape index (κ1) is 22.3. The number of hydrazone groups is 1. The largest absolute Gasteiger partial charge is 0.497 e. The van der Waals surface area contributed by atoms with E-state index in [0.29, 0.717) is 23.7 Å². The van der Waals surface area contributed by atoms with Crippen molar-refractivity contribution < 1.29 is 23.9 Å². The number of nitro benzene ring substituents is 1. The molecule has 9 nitrogen and oxygen atoms in total. The molecule has 0 radical (unpaired) electrons. The molecule has 32 heavy (non-hydrogen) atoms. The molecule has 3 aromatic rings. The van der Waals surface area contributed by atoms with E-state index in [4.69, 9.17) is 14.2 Å². The smallest absolute Gasteiger partial charge is 0.271 e. The Hall–Kier alpha value is -4.40. The zero-order valence-corrected chi connectivity index (χ0v) is 17.5. The summed E-state index contributed by atoms with van der Waals surface area (Å²) in [6, 6.07) is 18.1. The number of rotatable bonds is 9. The highest BCUT2D eigenvalue weighted by molar-refractivity contribution is 5.95. The molecular formula is C23H21N3O6. The zero-order valence-electron chi connectivity index (χ0n) is 17.5. The molecule has 9 heteroatoms. The first-order valence-corrected chi connectivity index (χ1v) is 9.52. The zero-order chi connectivity index (χ0) is 22.9. The van der Waals surface area contributed by atoms with Crippen molar-refractivity contribution in [2.24, 2.45) is 5.10 Å². The first-order chi connectivity index (χ1) is 15.5. The molecule has 0 unspecified atom stereocenters. The second kappa shape index (κ2) is 10.6. The molecule has 0 aliphatic rings. The molecule has 0 aliphatic heterocycles. The van der Waals surface area contributed by atoms with Gasteiger partial charge in [-0.3, -0.25) is 14.9 Å². The van der Waals surface area contributed by atoms with Gasteiger partial charge >= 0.3 is 0 Å². The van der Waals surface area contributed by atoms with E-state index in [1.165, 1.54) is 37.6 Å². The van der Waals surface area contributed by atoms with Gasteiger partial charge in [0.1, 0.15) is 23.9 Å². The summed E-state index contributed by atoms with van der Waals surface area (Å²) in [6.07, 6.45) is 1.42. The lowest BCUT2D eigenvalue weighted by molar-refractivity contribution is -0.384. The van der Waals surface area contributed by atoms with Crippen LogP contribution in [-0.2, 0) is 6.61 Å². The molecule has 3 rings (SSSR count). The van der Waals surface area contributed by atoms with E-state index in [0.717, 1.165) is 11.3 Å². The van der Waals surface area contributed by atoms with Crippen molar-refractivity contribution in [2.75, 3.05) is 14.2 Å². The van der Waals surface area contributed by atoms with Gasteiger partial charge in [0.2, 0.25) is 0 Å². The van der Waals surface area contributed by atoms with E-state index in [1.54, 1.807) is 25.3 Å². The number of amides is 1. The summed E-state index contributed by atoms with van der Waals surface area (Å²) in [5, 5.41) is 14.8. The Morgan fingerprint density at radius 3 is 2.53 bits per heavy atom. The number of non-ortho nitro benzene ring substituents is 1. The van der Waals surface area contributed by atoms with Gasteiger partial charge in [-0.05, 0) is 42.0 Å². The summed E-state index contributed by atoms with van der Waals surface area (Å²) >= 11 is 0. The molecule has 0 atom stereocenters. The predicted octanol–water partition coefficient (Wildman–Crippen LogP) is 3.95. The van der Waals surface area contributed by atoms with Crippen LogP contribution in [0.25, 0.3) is 0 Å². The fraction of sp³-hybridized carbons (Fsp3) is 0.130. The molecule has 1 N–H and O–H groups in total. The van der Waals surface area contributed by atoms with Crippen molar-refractivity contribution in [1.29, 1.82) is 0 Å². The fourth-order valence-electron chi connectivity index (χ4n) is 2.79. The Morgan fingerprint density at radius 1 is 1.03 bits per heavy atom. The minimum absolute atomic E-state index is 0.122. The number of carbonyl (C=O) groups excluding carboxylic acids is 1. The molecule has 0 saturated carbocycles. The van der Waals surface area contributed by atoms with Crippen LogP contribution in [0.3, 0.4) is 0 Å². The maximum atomic E-state index is 12.3. The number of hydrogen-bond acceptors (Lipinski definition) is 7.